The van der Waals surface area contributed by atoms with Crippen LogP contribution in [0.15, 0.2) is 18.2 Å². The molecule has 7 heteroatoms. The number of benzene rings is 1. The number of amides is 2. The van der Waals surface area contributed by atoms with Gasteiger partial charge in [0, 0.05) is 16.0 Å². The Balaban J connectivity index is 2.10. The Kier molecular flexibility index (Phi) is 6.03. The summed E-state index contributed by atoms with van der Waals surface area (Å²) in [5, 5.41) is 0. The maximum atomic E-state index is 12.3. The normalized spacial score (nSPS) is 10.3. The second-order valence-corrected chi connectivity index (χ2v) is 6.62. The lowest BCUT2D eigenvalue weighted by atomic mass is 10.1. The summed E-state index contributed by atoms with van der Waals surface area (Å²) in [6.07, 6.45) is 0.874. The van der Waals surface area contributed by atoms with Crippen molar-refractivity contribution < 1.29 is 19.1 Å². The Labute approximate surface area is 151 Å². The van der Waals surface area contributed by atoms with Gasteiger partial charge in [0.1, 0.15) is 11.5 Å². The zero-order valence-electron chi connectivity index (χ0n) is 15.0. The molecule has 0 spiro atoms. The number of aryl methyl sites for hydroxylation is 2. The average molecular weight is 362 g/mol. The van der Waals surface area contributed by atoms with E-state index in [-0.39, 0.29) is 5.91 Å². The lowest BCUT2D eigenvalue weighted by Crippen LogP contribution is -2.41. The van der Waals surface area contributed by atoms with Gasteiger partial charge in [-0.3, -0.25) is 20.4 Å². The molecule has 0 bridgehead atoms. The third-order valence-electron chi connectivity index (χ3n) is 3.87. The van der Waals surface area contributed by atoms with Crippen molar-refractivity contribution in [2.45, 2.75) is 27.2 Å². The van der Waals surface area contributed by atoms with Gasteiger partial charge in [-0.2, -0.15) is 0 Å². The number of methoxy groups -OCH3 is 2. The molecule has 1 aromatic carbocycles. The van der Waals surface area contributed by atoms with E-state index < -0.39 is 5.91 Å². The van der Waals surface area contributed by atoms with Gasteiger partial charge in [0.25, 0.3) is 11.8 Å². The van der Waals surface area contributed by atoms with E-state index in [1.165, 1.54) is 25.6 Å². The van der Waals surface area contributed by atoms with Gasteiger partial charge >= 0.3 is 0 Å². The first-order valence-corrected chi connectivity index (χ1v) is 8.65. The molecule has 2 aromatic rings. The van der Waals surface area contributed by atoms with Crippen LogP contribution in [0.3, 0.4) is 0 Å². The Hall–Kier alpha value is -2.54. The molecule has 0 saturated carbocycles. The zero-order valence-corrected chi connectivity index (χ0v) is 15.8. The molecule has 2 rings (SSSR count). The van der Waals surface area contributed by atoms with Crippen molar-refractivity contribution in [3.63, 3.8) is 0 Å². The average Bonchev–Trinajstić information content (AvgIpc) is 3.00. The van der Waals surface area contributed by atoms with E-state index in [0.29, 0.717) is 21.9 Å². The summed E-state index contributed by atoms with van der Waals surface area (Å²) < 4.78 is 10.5. The van der Waals surface area contributed by atoms with E-state index in [1.807, 2.05) is 26.8 Å². The van der Waals surface area contributed by atoms with Crippen LogP contribution < -0.4 is 20.3 Å². The molecule has 0 aliphatic carbocycles. The van der Waals surface area contributed by atoms with Crippen LogP contribution in [0.1, 0.15) is 43.0 Å². The maximum Gasteiger partial charge on any atom is 0.279 e. The standard InChI is InChI=1S/C18H22N2O4S/c1-6-15-10(2)7-16(25-15)18(22)20-19-17(21)12-8-13(23-4)11(3)14(9-12)24-5/h7-9H,6H2,1-5H3,(H,19,21)(H,20,22). The highest BCUT2D eigenvalue weighted by Crippen LogP contribution is 2.29. The smallest absolute Gasteiger partial charge is 0.279 e. The highest BCUT2D eigenvalue weighted by Gasteiger charge is 2.16. The molecule has 134 valence electrons. The van der Waals surface area contributed by atoms with Gasteiger partial charge in [0.2, 0.25) is 0 Å². The van der Waals surface area contributed by atoms with Gasteiger partial charge in [0.15, 0.2) is 0 Å². The summed E-state index contributed by atoms with van der Waals surface area (Å²) in [7, 11) is 3.05. The van der Waals surface area contributed by atoms with Gasteiger partial charge in [0.05, 0.1) is 19.1 Å². The van der Waals surface area contributed by atoms with Crippen molar-refractivity contribution in [3.05, 3.63) is 44.6 Å². The fourth-order valence-electron chi connectivity index (χ4n) is 2.45. The quantitative estimate of drug-likeness (QED) is 0.802. The largest absolute Gasteiger partial charge is 0.496 e. The molecule has 2 amide bonds. The molecule has 0 saturated heterocycles. The third kappa shape index (κ3) is 4.11. The van der Waals surface area contributed by atoms with Crippen LogP contribution in [-0.4, -0.2) is 26.0 Å². The highest BCUT2D eigenvalue weighted by atomic mass is 32.1. The number of carbonyl (C=O) groups is 2. The first kappa shape index (κ1) is 18.8. The van der Waals surface area contributed by atoms with Crippen LogP contribution in [0.2, 0.25) is 0 Å². The van der Waals surface area contributed by atoms with Crippen molar-refractivity contribution in [2.24, 2.45) is 0 Å². The Morgan fingerprint density at radius 1 is 1.00 bits per heavy atom. The Morgan fingerprint density at radius 3 is 2.04 bits per heavy atom. The van der Waals surface area contributed by atoms with Crippen LogP contribution >= 0.6 is 11.3 Å². The van der Waals surface area contributed by atoms with Gasteiger partial charge in [-0.05, 0) is 44.0 Å². The van der Waals surface area contributed by atoms with Crippen molar-refractivity contribution in [1.29, 1.82) is 0 Å². The molecule has 0 aliphatic heterocycles. The van der Waals surface area contributed by atoms with Gasteiger partial charge in [-0.25, -0.2) is 0 Å². The first-order valence-electron chi connectivity index (χ1n) is 7.83. The predicted molar refractivity (Wildman–Crippen MR) is 97.6 cm³/mol. The SMILES string of the molecule is CCc1sc(C(=O)NNC(=O)c2cc(OC)c(C)c(OC)c2)cc1C. The second-order valence-electron chi connectivity index (χ2n) is 5.48. The highest BCUT2D eigenvalue weighted by molar-refractivity contribution is 7.14. The molecular weight excluding hydrogens is 340 g/mol. The molecule has 0 atom stereocenters. The van der Waals surface area contributed by atoms with E-state index >= 15 is 0 Å². The molecule has 0 unspecified atom stereocenters. The summed E-state index contributed by atoms with van der Waals surface area (Å²) in [6.45, 7) is 5.85. The molecule has 6 nitrogen and oxygen atoms in total. The van der Waals surface area contributed by atoms with Crippen LogP contribution in [0.4, 0.5) is 0 Å². The van der Waals surface area contributed by atoms with E-state index in [9.17, 15) is 9.59 Å². The second kappa shape index (κ2) is 8.02. The van der Waals surface area contributed by atoms with Crippen LogP contribution in [0, 0.1) is 13.8 Å². The minimum absolute atomic E-state index is 0.330. The van der Waals surface area contributed by atoms with E-state index in [2.05, 4.69) is 10.9 Å². The molecule has 0 fully saturated rings. The predicted octanol–water partition coefficient (Wildman–Crippen LogP) is 3.02. The molecule has 1 heterocycles. The first-order chi connectivity index (χ1) is 11.9. The number of hydrazine groups is 1. The van der Waals surface area contributed by atoms with E-state index in [0.717, 1.165) is 22.4 Å². The molecule has 1 aromatic heterocycles. The summed E-state index contributed by atoms with van der Waals surface area (Å²) in [5.74, 6) is 0.288. The van der Waals surface area contributed by atoms with Gasteiger partial charge in [-0.1, -0.05) is 6.92 Å². The number of ether oxygens (including phenoxy) is 2. The minimum atomic E-state index is -0.450. The number of carbonyl (C=O) groups excluding carboxylic acids is 2. The fourth-order valence-corrected chi connectivity index (χ4v) is 3.46. The van der Waals surface area contributed by atoms with Crippen LogP contribution in [0.5, 0.6) is 11.5 Å². The lowest BCUT2D eigenvalue weighted by Gasteiger charge is -2.13. The molecule has 0 radical (unpaired) electrons. The number of hydrogen-bond donors (Lipinski definition) is 2. The number of nitrogens with one attached hydrogen (secondary N) is 2. The number of hydrogen-bond acceptors (Lipinski definition) is 5. The number of rotatable bonds is 5. The molecular formula is C18H22N2O4S. The Bertz CT molecular complexity index is 773. The van der Waals surface area contributed by atoms with Crippen molar-refractivity contribution in [2.75, 3.05) is 14.2 Å². The van der Waals surface area contributed by atoms with E-state index in [1.54, 1.807) is 12.1 Å². The third-order valence-corrected chi connectivity index (χ3v) is 5.25. The molecule has 0 aliphatic rings. The zero-order chi connectivity index (χ0) is 18.6. The fraction of sp³-hybridized carbons (Fsp3) is 0.333. The monoisotopic (exact) mass is 362 g/mol. The van der Waals surface area contributed by atoms with E-state index in [4.69, 9.17) is 9.47 Å². The van der Waals surface area contributed by atoms with Crippen LogP contribution in [-0.2, 0) is 6.42 Å². The molecule has 2 N–H and O–H groups in total. The number of thiophene rings is 1. The summed E-state index contributed by atoms with van der Waals surface area (Å²) >= 11 is 1.43. The minimum Gasteiger partial charge on any atom is -0.496 e. The lowest BCUT2D eigenvalue weighted by molar-refractivity contribution is 0.0848. The van der Waals surface area contributed by atoms with Crippen molar-refractivity contribution in [1.82, 2.24) is 10.9 Å². The van der Waals surface area contributed by atoms with Crippen LogP contribution in [0.25, 0.3) is 0 Å². The Morgan fingerprint density at radius 2 is 1.56 bits per heavy atom. The van der Waals surface area contributed by atoms with Gasteiger partial charge < -0.3 is 9.47 Å². The van der Waals surface area contributed by atoms with Gasteiger partial charge in [-0.15, -0.1) is 11.3 Å². The summed E-state index contributed by atoms with van der Waals surface area (Å²) in [5.41, 5.74) is 7.07. The maximum absolute atomic E-state index is 12.3. The van der Waals surface area contributed by atoms with Crippen molar-refractivity contribution in [3.8, 4) is 11.5 Å². The topological polar surface area (TPSA) is 76.7 Å². The summed E-state index contributed by atoms with van der Waals surface area (Å²) in [6, 6.07) is 5.02. The van der Waals surface area contributed by atoms with Crippen molar-refractivity contribution >= 4 is 23.2 Å². The molecule has 25 heavy (non-hydrogen) atoms. The summed E-state index contributed by atoms with van der Waals surface area (Å²) in [4.78, 5) is 26.2.